The molecule has 1 heterocycles. The van der Waals surface area contributed by atoms with Crippen LogP contribution in [0.2, 0.25) is 0 Å². The van der Waals surface area contributed by atoms with Crippen LogP contribution in [0.5, 0.6) is 0 Å². The van der Waals surface area contributed by atoms with Gasteiger partial charge in [-0.25, -0.2) is 9.69 Å². The molecule has 1 atom stereocenters. The minimum atomic E-state index is -4.94. The topological polar surface area (TPSA) is 46.6 Å². The average Bonchev–Trinajstić information content (AvgIpc) is 2.85. The van der Waals surface area contributed by atoms with E-state index < -0.39 is 22.9 Å². The molecule has 142 valence electrons. The predicted octanol–water partition coefficient (Wildman–Crippen LogP) is 4.97. The number of ether oxygens (including phenoxy) is 1. The summed E-state index contributed by atoms with van der Waals surface area (Å²) in [7, 11) is 1.02. The molecule has 3 rings (SSSR count). The van der Waals surface area contributed by atoms with Gasteiger partial charge in [0.2, 0.25) is 4.75 Å². The molecule has 27 heavy (non-hydrogen) atoms. The third-order valence-corrected chi connectivity index (χ3v) is 5.76. The zero-order valence-corrected chi connectivity index (χ0v) is 15.6. The SMILES string of the molecule is COC(=O)N1C(=O)[C@@](Sc2ccc(C)cc2)(C(F)(F)F)c2cc(C)ccc21. The molecule has 2 aromatic carbocycles. The van der Waals surface area contributed by atoms with Crippen molar-refractivity contribution in [2.75, 3.05) is 12.0 Å². The number of alkyl halides is 3. The smallest absolute Gasteiger partial charge is 0.421 e. The molecular weight excluding hydrogens is 379 g/mol. The first-order chi connectivity index (χ1) is 12.6. The Morgan fingerprint density at radius 1 is 1.07 bits per heavy atom. The van der Waals surface area contributed by atoms with Crippen molar-refractivity contribution in [2.45, 2.75) is 29.7 Å². The molecular formula is C19H16F3NO3S. The van der Waals surface area contributed by atoms with Gasteiger partial charge in [-0.2, -0.15) is 13.2 Å². The number of hydrogen-bond acceptors (Lipinski definition) is 4. The number of imide groups is 1. The molecule has 8 heteroatoms. The van der Waals surface area contributed by atoms with Gasteiger partial charge in [0.1, 0.15) is 0 Å². The molecule has 0 aliphatic carbocycles. The lowest BCUT2D eigenvalue weighted by molar-refractivity contribution is -0.169. The Labute approximate surface area is 158 Å². The van der Waals surface area contributed by atoms with Crippen LogP contribution in [0.3, 0.4) is 0 Å². The number of hydrogen-bond donors (Lipinski definition) is 0. The van der Waals surface area contributed by atoms with Crippen molar-refractivity contribution in [3.63, 3.8) is 0 Å². The summed E-state index contributed by atoms with van der Waals surface area (Å²) in [6, 6.07) is 10.6. The second-order valence-electron chi connectivity index (χ2n) is 6.23. The lowest BCUT2D eigenvalue weighted by Gasteiger charge is -2.30. The molecule has 4 nitrogen and oxygen atoms in total. The minimum absolute atomic E-state index is 0.116. The number of halogens is 3. The monoisotopic (exact) mass is 395 g/mol. The van der Waals surface area contributed by atoms with Crippen molar-refractivity contribution in [1.29, 1.82) is 0 Å². The van der Waals surface area contributed by atoms with Crippen molar-refractivity contribution in [3.8, 4) is 0 Å². The number of anilines is 1. The highest BCUT2D eigenvalue weighted by Crippen LogP contribution is 2.59. The molecule has 0 fully saturated rings. The fourth-order valence-corrected chi connectivity index (χ4v) is 4.19. The van der Waals surface area contributed by atoms with Crippen LogP contribution >= 0.6 is 11.8 Å². The largest absolute Gasteiger partial charge is 0.452 e. The van der Waals surface area contributed by atoms with Crippen molar-refractivity contribution in [3.05, 3.63) is 59.2 Å². The molecule has 2 amide bonds. The van der Waals surface area contributed by atoms with E-state index in [2.05, 4.69) is 4.74 Å². The maximum Gasteiger partial charge on any atom is 0.421 e. The molecule has 0 saturated heterocycles. The predicted molar refractivity (Wildman–Crippen MR) is 95.8 cm³/mol. The quantitative estimate of drug-likeness (QED) is 0.721. The van der Waals surface area contributed by atoms with E-state index in [9.17, 15) is 22.8 Å². The number of rotatable bonds is 2. The summed E-state index contributed by atoms with van der Waals surface area (Å²) in [4.78, 5) is 25.8. The number of carbonyl (C=O) groups is 2. The van der Waals surface area contributed by atoms with Gasteiger partial charge in [-0.15, -0.1) is 0 Å². The maximum atomic E-state index is 14.4. The van der Waals surface area contributed by atoms with E-state index in [0.29, 0.717) is 22.2 Å². The number of amides is 2. The molecule has 0 aromatic heterocycles. The Kier molecular flexibility index (Phi) is 4.71. The second kappa shape index (κ2) is 6.60. The Morgan fingerprint density at radius 2 is 1.67 bits per heavy atom. The van der Waals surface area contributed by atoms with E-state index in [0.717, 1.165) is 12.7 Å². The van der Waals surface area contributed by atoms with E-state index >= 15 is 0 Å². The van der Waals surface area contributed by atoms with Crippen LogP contribution in [-0.2, 0) is 14.3 Å². The lowest BCUT2D eigenvalue weighted by atomic mass is 9.97. The number of benzene rings is 2. The number of thioether (sulfide) groups is 1. The highest BCUT2D eigenvalue weighted by atomic mass is 32.2. The number of aryl methyl sites for hydroxylation is 2. The summed E-state index contributed by atoms with van der Waals surface area (Å²) in [5, 5.41) is 0. The van der Waals surface area contributed by atoms with Gasteiger partial charge >= 0.3 is 12.3 Å². The molecule has 0 saturated carbocycles. The molecule has 0 bridgehead atoms. The van der Waals surface area contributed by atoms with Crippen LogP contribution < -0.4 is 4.90 Å². The number of fused-ring (bicyclic) bond motifs is 1. The molecule has 2 aromatic rings. The summed E-state index contributed by atoms with van der Waals surface area (Å²) >= 11 is 0.381. The van der Waals surface area contributed by atoms with E-state index in [-0.39, 0.29) is 16.1 Å². The first-order valence-electron chi connectivity index (χ1n) is 7.98. The Balaban J connectivity index is 2.26. The molecule has 0 N–H and O–H groups in total. The Hall–Kier alpha value is -2.48. The Morgan fingerprint density at radius 3 is 2.22 bits per heavy atom. The highest BCUT2D eigenvalue weighted by molar-refractivity contribution is 8.01. The molecule has 0 radical (unpaired) electrons. The summed E-state index contributed by atoms with van der Waals surface area (Å²) in [6.07, 6.45) is -6.09. The fourth-order valence-electron chi connectivity index (χ4n) is 2.99. The van der Waals surface area contributed by atoms with Gasteiger partial charge in [0.25, 0.3) is 5.91 Å². The van der Waals surface area contributed by atoms with Crippen LogP contribution in [0, 0.1) is 13.8 Å². The zero-order chi connectivity index (χ0) is 20.0. The lowest BCUT2D eigenvalue weighted by Crippen LogP contribution is -2.49. The minimum Gasteiger partial charge on any atom is -0.452 e. The van der Waals surface area contributed by atoms with Crippen molar-refractivity contribution in [2.24, 2.45) is 0 Å². The van der Waals surface area contributed by atoms with Gasteiger partial charge in [-0.05, 0) is 32.0 Å². The van der Waals surface area contributed by atoms with E-state index in [1.54, 1.807) is 25.1 Å². The molecule has 0 spiro atoms. The van der Waals surface area contributed by atoms with Crippen LogP contribution in [0.4, 0.5) is 23.7 Å². The summed E-state index contributed by atoms with van der Waals surface area (Å²) in [6.45, 7) is 3.44. The summed E-state index contributed by atoms with van der Waals surface area (Å²) in [5.74, 6) is -1.38. The van der Waals surface area contributed by atoms with Gasteiger partial charge in [0.15, 0.2) is 0 Å². The fraction of sp³-hybridized carbons (Fsp3) is 0.263. The maximum absolute atomic E-state index is 14.4. The van der Waals surface area contributed by atoms with Gasteiger partial charge in [-0.1, -0.05) is 47.2 Å². The molecule has 1 aliphatic heterocycles. The molecule has 1 aliphatic rings. The van der Waals surface area contributed by atoms with E-state index in [1.807, 2.05) is 6.92 Å². The van der Waals surface area contributed by atoms with Gasteiger partial charge in [0.05, 0.1) is 12.8 Å². The first kappa shape index (κ1) is 19.3. The standard InChI is InChI=1S/C19H16F3NO3S/c1-11-4-7-13(8-5-11)27-18(19(20,21)22)14-10-12(2)6-9-15(14)23(16(18)24)17(25)26-3/h4-10H,1-3H3/t18-/m1/s1. The van der Waals surface area contributed by atoms with Crippen molar-refractivity contribution >= 4 is 29.4 Å². The molecule has 0 unspecified atom stereocenters. The van der Waals surface area contributed by atoms with Gasteiger partial charge in [-0.3, -0.25) is 4.79 Å². The third kappa shape index (κ3) is 2.97. The van der Waals surface area contributed by atoms with Gasteiger partial charge in [0, 0.05) is 10.5 Å². The summed E-state index contributed by atoms with van der Waals surface area (Å²) < 4.78 is 44.7. The van der Waals surface area contributed by atoms with Crippen LogP contribution in [-0.4, -0.2) is 25.3 Å². The zero-order valence-electron chi connectivity index (χ0n) is 14.8. The first-order valence-corrected chi connectivity index (χ1v) is 8.79. The van der Waals surface area contributed by atoms with E-state index in [1.165, 1.54) is 24.3 Å². The number of carbonyl (C=O) groups excluding carboxylic acids is 2. The second-order valence-corrected chi connectivity index (χ2v) is 7.51. The highest BCUT2D eigenvalue weighted by Gasteiger charge is 2.69. The third-order valence-electron chi connectivity index (χ3n) is 4.32. The van der Waals surface area contributed by atoms with Crippen LogP contribution in [0.1, 0.15) is 16.7 Å². The van der Waals surface area contributed by atoms with Crippen molar-refractivity contribution in [1.82, 2.24) is 0 Å². The number of nitrogens with zero attached hydrogens (tertiary/aromatic N) is 1. The normalized spacial score (nSPS) is 19.2. The Bertz CT molecular complexity index is 911. The van der Waals surface area contributed by atoms with E-state index in [4.69, 9.17) is 0 Å². The van der Waals surface area contributed by atoms with Crippen LogP contribution in [0.15, 0.2) is 47.4 Å². The van der Waals surface area contributed by atoms with Gasteiger partial charge < -0.3 is 4.74 Å². The van der Waals surface area contributed by atoms with Crippen LogP contribution in [0.25, 0.3) is 0 Å². The van der Waals surface area contributed by atoms with Crippen molar-refractivity contribution < 1.29 is 27.5 Å². The number of methoxy groups -OCH3 is 1. The average molecular weight is 395 g/mol. The summed E-state index contributed by atoms with van der Waals surface area (Å²) in [5.41, 5.74) is 1.04.